The number of benzene rings is 2. The zero-order valence-corrected chi connectivity index (χ0v) is 12.3. The number of hydrogen-bond donors (Lipinski definition) is 1. The van der Waals surface area contributed by atoms with E-state index in [4.69, 9.17) is 0 Å². The summed E-state index contributed by atoms with van der Waals surface area (Å²) in [5.41, 5.74) is 7.88. The number of rotatable bonds is 2. The molecule has 0 amide bonds. The van der Waals surface area contributed by atoms with Crippen molar-refractivity contribution < 1.29 is 4.79 Å². The summed E-state index contributed by atoms with van der Waals surface area (Å²) in [6.45, 7) is 0. The van der Waals surface area contributed by atoms with Crippen molar-refractivity contribution in [3.8, 4) is 0 Å². The Bertz CT molecular complexity index is 717. The molecule has 0 fully saturated rings. The van der Waals surface area contributed by atoms with Gasteiger partial charge in [0.1, 0.15) is 0 Å². The van der Waals surface area contributed by atoms with Gasteiger partial charge in [0.15, 0.2) is 5.78 Å². The predicted molar refractivity (Wildman–Crippen MR) is 84.8 cm³/mol. The fourth-order valence-electron chi connectivity index (χ4n) is 2.64. The summed E-state index contributed by atoms with van der Waals surface area (Å²) < 4.78 is 0. The molecule has 3 heteroatoms. The van der Waals surface area contributed by atoms with E-state index in [1.54, 1.807) is 6.20 Å². The molecular formula is C18H18N2O. The Morgan fingerprint density at radius 3 is 2.19 bits per heavy atom. The molecule has 0 saturated carbocycles. The average molecular weight is 278 g/mol. The second-order valence-corrected chi connectivity index (χ2v) is 5.40. The molecule has 0 unspecified atom stereocenters. The molecule has 1 N–H and O–H groups in total. The number of ketones is 1. The summed E-state index contributed by atoms with van der Waals surface area (Å²) in [5.74, 6) is 0.0740. The molecule has 2 aromatic carbocycles. The van der Waals surface area contributed by atoms with Crippen molar-refractivity contribution in [2.45, 2.75) is 6.42 Å². The molecule has 1 aliphatic carbocycles. The number of fused-ring (bicyclic) bond motifs is 2. The summed E-state index contributed by atoms with van der Waals surface area (Å²) in [5, 5.41) is 1.82. The molecular weight excluding hydrogens is 260 g/mol. The van der Waals surface area contributed by atoms with Gasteiger partial charge in [-0.3, -0.25) is 4.79 Å². The third-order valence-corrected chi connectivity index (χ3v) is 3.66. The molecule has 0 aromatic heterocycles. The van der Waals surface area contributed by atoms with Gasteiger partial charge in [-0.05, 0) is 23.1 Å². The van der Waals surface area contributed by atoms with Gasteiger partial charge in [-0.1, -0.05) is 48.5 Å². The molecule has 0 heterocycles. The smallest absolute Gasteiger partial charge is 0.195 e. The Kier molecular flexibility index (Phi) is 3.59. The van der Waals surface area contributed by atoms with Crippen molar-refractivity contribution in [2.24, 2.45) is 0 Å². The molecule has 0 spiro atoms. The molecule has 0 radical (unpaired) electrons. The van der Waals surface area contributed by atoms with Crippen LogP contribution in [0.5, 0.6) is 0 Å². The number of allylic oxidation sites excluding steroid dienone is 1. The summed E-state index contributed by atoms with van der Waals surface area (Å²) in [6.07, 6.45) is 2.58. The number of nitrogens with one attached hydrogen (secondary N) is 1. The van der Waals surface area contributed by atoms with Crippen LogP contribution in [0.2, 0.25) is 0 Å². The van der Waals surface area contributed by atoms with Crippen LogP contribution in [0.25, 0.3) is 5.57 Å². The van der Waals surface area contributed by atoms with Crippen LogP contribution in [0.4, 0.5) is 0 Å². The monoisotopic (exact) mass is 278 g/mol. The number of hydrogen-bond acceptors (Lipinski definition) is 3. The Morgan fingerprint density at radius 2 is 1.52 bits per heavy atom. The SMILES string of the molecule is CN(C)N/C=C1/C(=O)c2ccccc2Cc2ccccc21. The zero-order chi connectivity index (χ0) is 14.8. The Labute approximate surface area is 124 Å². The van der Waals surface area contributed by atoms with Gasteiger partial charge in [-0.2, -0.15) is 0 Å². The van der Waals surface area contributed by atoms with Crippen LogP contribution in [0.15, 0.2) is 54.7 Å². The molecule has 21 heavy (non-hydrogen) atoms. The topological polar surface area (TPSA) is 32.3 Å². The summed E-state index contributed by atoms with van der Waals surface area (Å²) in [6, 6.07) is 16.0. The molecule has 106 valence electrons. The number of carbonyl (C=O) groups is 1. The fourth-order valence-corrected chi connectivity index (χ4v) is 2.64. The van der Waals surface area contributed by atoms with Gasteiger partial charge in [0.05, 0.1) is 0 Å². The molecule has 0 bridgehead atoms. The van der Waals surface area contributed by atoms with Crippen molar-refractivity contribution in [1.82, 2.24) is 10.4 Å². The van der Waals surface area contributed by atoms with Crippen LogP contribution < -0.4 is 5.43 Å². The summed E-state index contributed by atoms with van der Waals surface area (Å²) in [7, 11) is 3.80. The molecule has 0 atom stereocenters. The number of hydrazine groups is 1. The van der Waals surface area contributed by atoms with Crippen LogP contribution in [0.3, 0.4) is 0 Å². The summed E-state index contributed by atoms with van der Waals surface area (Å²) >= 11 is 0. The van der Waals surface area contributed by atoms with E-state index >= 15 is 0 Å². The van der Waals surface area contributed by atoms with Crippen molar-refractivity contribution in [2.75, 3.05) is 14.1 Å². The van der Waals surface area contributed by atoms with E-state index in [0.717, 1.165) is 23.1 Å². The average Bonchev–Trinajstić information content (AvgIpc) is 2.60. The van der Waals surface area contributed by atoms with Gasteiger partial charge in [0.2, 0.25) is 0 Å². The van der Waals surface area contributed by atoms with E-state index in [9.17, 15) is 4.79 Å². The molecule has 2 aromatic rings. The molecule has 0 aliphatic heterocycles. The lowest BCUT2D eigenvalue weighted by molar-refractivity contribution is 0.105. The first-order valence-corrected chi connectivity index (χ1v) is 7.01. The first-order valence-electron chi connectivity index (χ1n) is 7.01. The highest BCUT2D eigenvalue weighted by atomic mass is 16.1. The second kappa shape index (κ2) is 5.54. The van der Waals surface area contributed by atoms with E-state index in [2.05, 4.69) is 11.5 Å². The lowest BCUT2D eigenvalue weighted by Gasteiger charge is -2.12. The van der Waals surface area contributed by atoms with Crippen molar-refractivity contribution in [3.05, 3.63) is 77.0 Å². The van der Waals surface area contributed by atoms with Gasteiger partial charge in [0.25, 0.3) is 0 Å². The molecule has 3 rings (SSSR count). The second-order valence-electron chi connectivity index (χ2n) is 5.40. The third kappa shape index (κ3) is 2.60. The Hall–Kier alpha value is -2.39. The van der Waals surface area contributed by atoms with E-state index in [0.29, 0.717) is 5.57 Å². The Morgan fingerprint density at radius 1 is 0.952 bits per heavy atom. The van der Waals surface area contributed by atoms with E-state index in [1.165, 1.54) is 5.56 Å². The normalized spacial score (nSPS) is 15.6. The number of carbonyl (C=O) groups excluding carboxylic acids is 1. The minimum atomic E-state index is 0.0740. The highest BCUT2D eigenvalue weighted by Crippen LogP contribution is 2.30. The van der Waals surface area contributed by atoms with Gasteiger partial charge >= 0.3 is 0 Å². The maximum absolute atomic E-state index is 12.9. The van der Waals surface area contributed by atoms with E-state index in [1.807, 2.05) is 61.6 Å². The van der Waals surface area contributed by atoms with Gasteiger partial charge in [0, 0.05) is 31.4 Å². The van der Waals surface area contributed by atoms with Crippen LogP contribution in [0, 0.1) is 0 Å². The van der Waals surface area contributed by atoms with Gasteiger partial charge < -0.3 is 5.43 Å². The molecule has 3 nitrogen and oxygen atoms in total. The lowest BCUT2D eigenvalue weighted by Crippen LogP contribution is -2.26. The van der Waals surface area contributed by atoms with Crippen molar-refractivity contribution in [3.63, 3.8) is 0 Å². The minimum absolute atomic E-state index is 0.0740. The van der Waals surface area contributed by atoms with Crippen molar-refractivity contribution in [1.29, 1.82) is 0 Å². The van der Waals surface area contributed by atoms with Crippen LogP contribution >= 0.6 is 0 Å². The van der Waals surface area contributed by atoms with Gasteiger partial charge in [-0.25, -0.2) is 5.01 Å². The molecule has 0 saturated heterocycles. The Balaban J connectivity index is 2.18. The number of nitrogens with zero attached hydrogens (tertiary/aromatic N) is 1. The number of Topliss-reactive ketones (excluding diaryl/α,β-unsaturated/α-hetero) is 1. The fraction of sp³-hybridized carbons (Fsp3) is 0.167. The third-order valence-electron chi connectivity index (χ3n) is 3.66. The maximum Gasteiger partial charge on any atom is 0.195 e. The van der Waals surface area contributed by atoms with E-state index in [-0.39, 0.29) is 5.78 Å². The predicted octanol–water partition coefficient (Wildman–Crippen LogP) is 2.88. The van der Waals surface area contributed by atoms with Crippen LogP contribution in [0.1, 0.15) is 27.0 Å². The minimum Gasteiger partial charge on any atom is -0.326 e. The van der Waals surface area contributed by atoms with E-state index < -0.39 is 0 Å². The maximum atomic E-state index is 12.9. The lowest BCUT2D eigenvalue weighted by atomic mass is 9.97. The van der Waals surface area contributed by atoms with Crippen LogP contribution in [-0.4, -0.2) is 24.9 Å². The quantitative estimate of drug-likeness (QED) is 0.677. The van der Waals surface area contributed by atoms with Crippen LogP contribution in [-0.2, 0) is 6.42 Å². The first-order chi connectivity index (χ1) is 10.2. The zero-order valence-electron chi connectivity index (χ0n) is 12.3. The van der Waals surface area contributed by atoms with Gasteiger partial charge in [-0.15, -0.1) is 0 Å². The highest BCUT2D eigenvalue weighted by Gasteiger charge is 2.23. The molecule has 1 aliphatic rings. The highest BCUT2D eigenvalue weighted by molar-refractivity contribution is 6.30. The largest absolute Gasteiger partial charge is 0.326 e. The standard InChI is InChI=1S/C18H18N2O/c1-20(2)19-12-17-15-9-5-3-7-13(15)11-14-8-4-6-10-16(14)18(17)21/h3-10,12,19H,11H2,1-2H3/b17-12+. The van der Waals surface area contributed by atoms with Crippen molar-refractivity contribution >= 4 is 11.4 Å². The summed E-state index contributed by atoms with van der Waals surface area (Å²) in [4.78, 5) is 12.9. The first kappa shape index (κ1) is 13.6.